The Balaban J connectivity index is 2.93. The van der Waals surface area contributed by atoms with Crippen LogP contribution in [0.4, 0.5) is 4.79 Å². The van der Waals surface area contributed by atoms with Gasteiger partial charge in [0.15, 0.2) is 0 Å². The van der Waals surface area contributed by atoms with Gasteiger partial charge in [0.1, 0.15) is 0 Å². The minimum atomic E-state index is -0.167. The first-order chi connectivity index (χ1) is 11.1. The minimum absolute atomic E-state index is 0.0616. The number of nitrogens with zero attached hydrogens (tertiary/aromatic N) is 1. The molecule has 0 saturated heterocycles. The molecule has 0 heterocycles. The van der Waals surface area contributed by atoms with Crippen LogP contribution in [0.1, 0.15) is 13.8 Å². The number of rotatable bonds is 8. The Morgan fingerprint density at radius 1 is 1.08 bits per heavy atom. The van der Waals surface area contributed by atoms with Crippen molar-refractivity contribution in [2.24, 2.45) is 0 Å². The van der Waals surface area contributed by atoms with E-state index in [0.717, 1.165) is 20.5 Å². The highest BCUT2D eigenvalue weighted by molar-refractivity contribution is 9.12. The zero-order valence-corrected chi connectivity index (χ0v) is 21.8. The third-order valence-electron chi connectivity index (χ3n) is 3.10. The van der Waals surface area contributed by atoms with Crippen LogP contribution in [0.25, 0.3) is 0 Å². The number of alkyl halides is 4. The Labute approximate surface area is 187 Å². The molecule has 8 heteroatoms. The van der Waals surface area contributed by atoms with Crippen molar-refractivity contribution in [3.05, 3.63) is 24.3 Å². The molecular weight excluding hydrogens is 606 g/mol. The maximum absolute atomic E-state index is 12.9. The number of halogens is 4. The summed E-state index contributed by atoms with van der Waals surface area (Å²) in [6, 6.07) is 8.08. The predicted molar refractivity (Wildman–Crippen MR) is 123 cm³/mol. The highest BCUT2D eigenvalue weighted by Crippen LogP contribution is 2.31. The lowest BCUT2D eigenvalue weighted by molar-refractivity contribution is 0.216. The summed E-state index contributed by atoms with van der Waals surface area (Å²) in [6.45, 7) is 5.42. The van der Waals surface area contributed by atoms with E-state index in [1.165, 1.54) is 11.8 Å². The van der Waals surface area contributed by atoms with E-state index in [4.69, 9.17) is 0 Å². The molecule has 0 radical (unpaired) electrons. The van der Waals surface area contributed by atoms with Crippen molar-refractivity contribution >= 4 is 92.5 Å². The Hall–Kier alpha value is 1.31. The van der Waals surface area contributed by atoms with Crippen molar-refractivity contribution in [2.45, 2.75) is 32.3 Å². The molecule has 0 aliphatic heterocycles. The summed E-state index contributed by atoms with van der Waals surface area (Å²) in [5.41, 5.74) is 0. The van der Waals surface area contributed by atoms with Crippen LogP contribution < -0.4 is 0 Å². The average Bonchev–Trinajstić information content (AvgIpc) is 2.54. The van der Waals surface area contributed by atoms with Gasteiger partial charge in [0.25, 0.3) is 5.24 Å². The number of carbonyl (C=O) groups is 1. The SMILES string of the molecule is CSc1cccc(SC(=O)N(CC(C)(Br)CBr)CC(C)(Br)CBr)c1. The van der Waals surface area contributed by atoms with Crippen LogP contribution >= 0.6 is 87.2 Å². The van der Waals surface area contributed by atoms with Gasteiger partial charge in [-0.1, -0.05) is 69.8 Å². The molecule has 0 bridgehead atoms. The number of thioether (sulfide) groups is 2. The smallest absolute Gasteiger partial charge is 0.286 e. The molecule has 0 spiro atoms. The zero-order valence-electron chi connectivity index (χ0n) is 13.8. The van der Waals surface area contributed by atoms with E-state index in [9.17, 15) is 4.79 Å². The minimum Gasteiger partial charge on any atom is -0.330 e. The number of hydrogen-bond acceptors (Lipinski definition) is 3. The lowest BCUT2D eigenvalue weighted by Crippen LogP contribution is -2.46. The highest BCUT2D eigenvalue weighted by Gasteiger charge is 2.31. The van der Waals surface area contributed by atoms with Gasteiger partial charge in [0, 0.05) is 33.5 Å². The van der Waals surface area contributed by atoms with Crippen LogP contribution in [0, 0.1) is 0 Å². The van der Waals surface area contributed by atoms with Gasteiger partial charge in [-0.15, -0.1) is 11.8 Å². The van der Waals surface area contributed by atoms with Crippen LogP contribution in [-0.2, 0) is 0 Å². The van der Waals surface area contributed by atoms with E-state index in [2.05, 4.69) is 89.7 Å². The fraction of sp³-hybridized carbons (Fsp3) is 0.562. The first-order valence-corrected chi connectivity index (χ1v) is 13.1. The molecule has 1 aromatic rings. The van der Waals surface area contributed by atoms with E-state index in [-0.39, 0.29) is 13.9 Å². The summed E-state index contributed by atoms with van der Waals surface area (Å²) < 4.78 is -0.334. The fourth-order valence-electron chi connectivity index (χ4n) is 1.90. The Bertz CT molecular complexity index is 537. The third-order valence-corrected chi connectivity index (χ3v) is 9.79. The van der Waals surface area contributed by atoms with Gasteiger partial charge in [0.2, 0.25) is 0 Å². The summed E-state index contributed by atoms with van der Waals surface area (Å²) >= 11 is 17.4. The lowest BCUT2D eigenvalue weighted by atomic mass is 10.1. The van der Waals surface area contributed by atoms with Gasteiger partial charge in [-0.3, -0.25) is 4.79 Å². The van der Waals surface area contributed by atoms with Gasteiger partial charge in [0.05, 0.1) is 8.65 Å². The average molecular weight is 627 g/mol. The Morgan fingerprint density at radius 3 is 2.04 bits per heavy atom. The molecule has 1 amide bonds. The van der Waals surface area contributed by atoms with Gasteiger partial charge < -0.3 is 4.90 Å². The topological polar surface area (TPSA) is 20.3 Å². The van der Waals surface area contributed by atoms with E-state index >= 15 is 0 Å². The van der Waals surface area contributed by atoms with Gasteiger partial charge in [-0.05, 0) is 50.1 Å². The molecular formula is C16H21Br4NOS2. The molecule has 0 aliphatic rings. The monoisotopic (exact) mass is 623 g/mol. The predicted octanol–water partition coefficient (Wildman–Crippen LogP) is 7.02. The molecule has 0 N–H and O–H groups in total. The van der Waals surface area contributed by atoms with E-state index in [0.29, 0.717) is 13.1 Å². The number of benzene rings is 1. The van der Waals surface area contributed by atoms with Crippen molar-refractivity contribution in [1.29, 1.82) is 0 Å². The molecule has 0 fully saturated rings. The first kappa shape index (κ1) is 23.3. The van der Waals surface area contributed by atoms with Crippen molar-refractivity contribution in [1.82, 2.24) is 4.90 Å². The molecule has 0 aliphatic carbocycles. The van der Waals surface area contributed by atoms with Gasteiger partial charge in [-0.25, -0.2) is 0 Å². The van der Waals surface area contributed by atoms with E-state index < -0.39 is 0 Å². The third kappa shape index (κ3) is 8.33. The standard InChI is InChI=1S/C16H21Br4NOS2/c1-15(19,8-17)10-21(11-16(2,20)9-18)14(22)24-13-6-4-5-12(7-13)23-3/h4-7H,8-11H2,1-3H3. The second-order valence-corrected chi connectivity index (χ2v) is 12.9. The van der Waals surface area contributed by atoms with Crippen LogP contribution in [0.3, 0.4) is 0 Å². The summed E-state index contributed by atoms with van der Waals surface area (Å²) in [5.74, 6) is 0. The molecule has 1 aromatic carbocycles. The van der Waals surface area contributed by atoms with Crippen LogP contribution in [-0.4, -0.2) is 48.8 Å². The zero-order chi connectivity index (χ0) is 18.4. The normalized spacial score (nSPS) is 16.3. The summed E-state index contributed by atoms with van der Waals surface area (Å²) in [7, 11) is 0. The maximum Gasteiger partial charge on any atom is 0.286 e. The second-order valence-electron chi connectivity index (χ2n) is 6.00. The van der Waals surface area contributed by atoms with Crippen molar-refractivity contribution in [3.63, 3.8) is 0 Å². The van der Waals surface area contributed by atoms with Crippen molar-refractivity contribution < 1.29 is 4.79 Å². The second kappa shape index (κ2) is 10.6. The van der Waals surface area contributed by atoms with Crippen LogP contribution in [0.2, 0.25) is 0 Å². The number of carbonyl (C=O) groups excluding carboxylic acids is 1. The molecule has 2 nitrogen and oxygen atoms in total. The fourth-order valence-corrected chi connectivity index (χ4v) is 4.18. The van der Waals surface area contributed by atoms with Crippen molar-refractivity contribution in [2.75, 3.05) is 30.0 Å². The Morgan fingerprint density at radius 2 is 1.58 bits per heavy atom. The molecule has 24 heavy (non-hydrogen) atoms. The largest absolute Gasteiger partial charge is 0.330 e. The molecule has 2 atom stereocenters. The summed E-state index contributed by atoms with van der Waals surface area (Å²) in [4.78, 5) is 17.0. The summed E-state index contributed by atoms with van der Waals surface area (Å²) in [6.07, 6.45) is 2.04. The number of amides is 1. The molecule has 136 valence electrons. The molecule has 0 aromatic heterocycles. The lowest BCUT2D eigenvalue weighted by Gasteiger charge is -2.34. The maximum atomic E-state index is 12.9. The Kier molecular flexibility index (Phi) is 10.3. The van der Waals surface area contributed by atoms with Gasteiger partial charge in [-0.2, -0.15) is 0 Å². The van der Waals surface area contributed by atoms with E-state index in [1.807, 2.05) is 23.3 Å². The van der Waals surface area contributed by atoms with Crippen LogP contribution in [0.5, 0.6) is 0 Å². The van der Waals surface area contributed by atoms with E-state index in [1.54, 1.807) is 11.8 Å². The molecule has 1 rings (SSSR count). The number of hydrogen-bond donors (Lipinski definition) is 0. The van der Waals surface area contributed by atoms with Crippen molar-refractivity contribution in [3.8, 4) is 0 Å². The first-order valence-electron chi connectivity index (χ1n) is 7.23. The quantitative estimate of drug-likeness (QED) is 0.229. The molecule has 2 unspecified atom stereocenters. The highest BCUT2D eigenvalue weighted by atomic mass is 79.9. The van der Waals surface area contributed by atoms with Gasteiger partial charge >= 0.3 is 0 Å². The van der Waals surface area contributed by atoms with Crippen LogP contribution in [0.15, 0.2) is 34.1 Å². The molecule has 0 saturated carbocycles. The summed E-state index contributed by atoms with van der Waals surface area (Å²) in [5, 5.41) is 1.60.